The van der Waals surface area contributed by atoms with E-state index in [4.69, 9.17) is 0 Å². The van der Waals surface area contributed by atoms with E-state index in [1.807, 2.05) is 0 Å². The van der Waals surface area contributed by atoms with E-state index in [1.165, 1.54) is 65.0 Å². The van der Waals surface area contributed by atoms with Crippen molar-refractivity contribution in [1.29, 1.82) is 0 Å². The highest BCUT2D eigenvalue weighted by Crippen LogP contribution is 2.18. The minimum Gasteiger partial charge on any atom is -0.315 e. The molecule has 2 atom stereocenters. The van der Waals surface area contributed by atoms with Gasteiger partial charge in [-0.25, -0.2) is 0 Å². The van der Waals surface area contributed by atoms with Crippen LogP contribution in [0.4, 0.5) is 0 Å². The summed E-state index contributed by atoms with van der Waals surface area (Å²) in [7, 11) is 2.26. The molecular weight excluding hydrogens is 234 g/mol. The smallest absolute Gasteiger partial charge is 0.0243 e. The molecule has 19 heavy (non-hydrogen) atoms. The molecule has 112 valence electrons. The molecule has 0 radical (unpaired) electrons. The predicted molar refractivity (Wildman–Crippen MR) is 82.5 cm³/mol. The van der Waals surface area contributed by atoms with Crippen LogP contribution in [0.15, 0.2) is 0 Å². The van der Waals surface area contributed by atoms with Crippen LogP contribution in [0, 0.1) is 11.8 Å². The van der Waals surface area contributed by atoms with Crippen molar-refractivity contribution in [3.05, 3.63) is 0 Å². The predicted octanol–water partition coefficient (Wildman–Crippen LogP) is 2.04. The number of rotatable bonds is 6. The van der Waals surface area contributed by atoms with Crippen molar-refractivity contribution < 1.29 is 0 Å². The summed E-state index contributed by atoms with van der Waals surface area (Å²) in [5, 5.41) is 3.77. The van der Waals surface area contributed by atoms with Crippen LogP contribution in [0.2, 0.25) is 0 Å². The molecule has 2 unspecified atom stereocenters. The van der Waals surface area contributed by atoms with Gasteiger partial charge in [-0.15, -0.1) is 0 Å². The van der Waals surface area contributed by atoms with Gasteiger partial charge in [0, 0.05) is 19.1 Å². The van der Waals surface area contributed by atoms with E-state index in [-0.39, 0.29) is 0 Å². The lowest BCUT2D eigenvalue weighted by Gasteiger charge is -2.33. The topological polar surface area (TPSA) is 18.5 Å². The lowest BCUT2D eigenvalue weighted by Crippen LogP contribution is -2.46. The van der Waals surface area contributed by atoms with Gasteiger partial charge in [0.1, 0.15) is 0 Å². The number of nitrogens with one attached hydrogen (secondary N) is 1. The molecule has 3 nitrogen and oxygen atoms in total. The third kappa shape index (κ3) is 4.73. The van der Waals surface area contributed by atoms with Crippen molar-refractivity contribution in [2.45, 2.75) is 45.6 Å². The molecule has 2 fully saturated rings. The number of nitrogens with zero attached hydrogens (tertiary/aromatic N) is 2. The Kier molecular flexibility index (Phi) is 6.11. The summed E-state index contributed by atoms with van der Waals surface area (Å²) in [4.78, 5) is 5.18. The van der Waals surface area contributed by atoms with Crippen LogP contribution in [0.3, 0.4) is 0 Å². The molecule has 0 aromatic heterocycles. The van der Waals surface area contributed by atoms with Crippen LogP contribution in [0.1, 0.15) is 39.5 Å². The monoisotopic (exact) mass is 267 g/mol. The largest absolute Gasteiger partial charge is 0.315 e. The summed E-state index contributed by atoms with van der Waals surface area (Å²) in [5.74, 6) is 1.63. The fourth-order valence-corrected chi connectivity index (χ4v) is 3.73. The molecule has 2 aliphatic rings. The van der Waals surface area contributed by atoms with E-state index in [2.05, 4.69) is 36.0 Å². The van der Waals surface area contributed by atoms with Crippen LogP contribution in [-0.4, -0.2) is 62.2 Å². The van der Waals surface area contributed by atoms with Gasteiger partial charge in [0.2, 0.25) is 0 Å². The third-order valence-electron chi connectivity index (χ3n) is 4.89. The maximum atomic E-state index is 3.77. The minimum absolute atomic E-state index is 0.740. The first-order chi connectivity index (χ1) is 9.16. The summed E-state index contributed by atoms with van der Waals surface area (Å²) in [6.07, 6.45) is 5.59. The molecule has 1 N–H and O–H groups in total. The van der Waals surface area contributed by atoms with Gasteiger partial charge in [0.05, 0.1) is 0 Å². The molecule has 0 saturated carbocycles. The molecular formula is C16H33N3. The molecule has 0 aliphatic carbocycles. The molecule has 0 spiro atoms. The first-order valence-corrected chi connectivity index (χ1v) is 8.30. The van der Waals surface area contributed by atoms with Crippen molar-refractivity contribution in [2.24, 2.45) is 11.8 Å². The lowest BCUT2D eigenvalue weighted by atomic mass is 9.97. The van der Waals surface area contributed by atoms with Gasteiger partial charge >= 0.3 is 0 Å². The van der Waals surface area contributed by atoms with Gasteiger partial charge in [-0.05, 0) is 70.7 Å². The van der Waals surface area contributed by atoms with Crippen molar-refractivity contribution in [1.82, 2.24) is 15.1 Å². The van der Waals surface area contributed by atoms with E-state index in [1.54, 1.807) is 0 Å². The summed E-state index contributed by atoms with van der Waals surface area (Å²) >= 11 is 0. The van der Waals surface area contributed by atoms with Gasteiger partial charge in [-0.2, -0.15) is 0 Å². The van der Waals surface area contributed by atoms with E-state index >= 15 is 0 Å². The molecule has 2 saturated heterocycles. The second kappa shape index (κ2) is 7.61. The highest BCUT2D eigenvalue weighted by Gasteiger charge is 2.24. The Balaban J connectivity index is 1.69. The molecule has 2 rings (SSSR count). The first-order valence-electron chi connectivity index (χ1n) is 8.30. The molecule has 0 aromatic carbocycles. The second-order valence-corrected chi connectivity index (χ2v) is 6.98. The van der Waals surface area contributed by atoms with E-state index in [0.29, 0.717) is 0 Å². The minimum atomic E-state index is 0.740. The molecule has 0 aromatic rings. The molecule has 0 bridgehead atoms. The third-order valence-corrected chi connectivity index (χ3v) is 4.89. The molecule has 0 amide bonds. The van der Waals surface area contributed by atoms with E-state index in [9.17, 15) is 0 Å². The van der Waals surface area contributed by atoms with Gasteiger partial charge in [0.15, 0.2) is 0 Å². The SMILES string of the molecule is CC(C)C(CNCC1CCCN(C)C1)N1CCCC1. The summed E-state index contributed by atoms with van der Waals surface area (Å²) < 4.78 is 0. The number of piperidine rings is 1. The van der Waals surface area contributed by atoms with Crippen molar-refractivity contribution in [3.8, 4) is 0 Å². The average Bonchev–Trinajstić information content (AvgIpc) is 2.88. The van der Waals surface area contributed by atoms with Crippen molar-refractivity contribution >= 4 is 0 Å². The van der Waals surface area contributed by atoms with Gasteiger partial charge < -0.3 is 10.2 Å². The Bertz CT molecular complexity index is 248. The summed E-state index contributed by atoms with van der Waals surface area (Å²) in [5.41, 5.74) is 0. The van der Waals surface area contributed by atoms with E-state index < -0.39 is 0 Å². The van der Waals surface area contributed by atoms with Crippen LogP contribution in [0.25, 0.3) is 0 Å². The van der Waals surface area contributed by atoms with Crippen molar-refractivity contribution in [3.63, 3.8) is 0 Å². The van der Waals surface area contributed by atoms with Crippen LogP contribution >= 0.6 is 0 Å². The van der Waals surface area contributed by atoms with Gasteiger partial charge in [-0.1, -0.05) is 13.8 Å². The standard InChI is InChI=1S/C16H33N3/c1-14(2)16(19-9-4-5-10-19)12-17-11-15-7-6-8-18(3)13-15/h14-17H,4-13H2,1-3H3. The van der Waals surface area contributed by atoms with Crippen molar-refractivity contribution in [2.75, 3.05) is 46.3 Å². The molecule has 2 heterocycles. The van der Waals surface area contributed by atoms with Gasteiger partial charge in [0.25, 0.3) is 0 Å². The first kappa shape index (κ1) is 15.3. The fraction of sp³-hybridized carbons (Fsp3) is 1.00. The normalized spacial score (nSPS) is 28.1. The average molecular weight is 267 g/mol. The lowest BCUT2D eigenvalue weighted by molar-refractivity contribution is 0.173. The quantitative estimate of drug-likeness (QED) is 0.794. The Hall–Kier alpha value is -0.120. The number of likely N-dealkylation sites (tertiary alicyclic amines) is 2. The van der Waals surface area contributed by atoms with Crippen LogP contribution < -0.4 is 5.32 Å². The zero-order valence-electron chi connectivity index (χ0n) is 13.2. The second-order valence-electron chi connectivity index (χ2n) is 6.98. The Labute approximate surface area is 119 Å². The summed E-state index contributed by atoms with van der Waals surface area (Å²) in [6, 6.07) is 0.740. The Morgan fingerprint density at radius 2 is 1.84 bits per heavy atom. The van der Waals surface area contributed by atoms with Gasteiger partial charge in [-0.3, -0.25) is 4.90 Å². The molecule has 3 heteroatoms. The fourth-order valence-electron chi connectivity index (χ4n) is 3.73. The van der Waals surface area contributed by atoms with E-state index in [0.717, 1.165) is 17.9 Å². The zero-order chi connectivity index (χ0) is 13.7. The zero-order valence-corrected chi connectivity index (χ0v) is 13.2. The number of hydrogen-bond donors (Lipinski definition) is 1. The maximum absolute atomic E-state index is 3.77. The number of hydrogen-bond acceptors (Lipinski definition) is 3. The highest BCUT2D eigenvalue weighted by molar-refractivity contribution is 4.81. The molecule has 2 aliphatic heterocycles. The maximum Gasteiger partial charge on any atom is 0.0243 e. The van der Waals surface area contributed by atoms with Crippen LogP contribution in [-0.2, 0) is 0 Å². The Morgan fingerprint density at radius 3 is 2.47 bits per heavy atom. The Morgan fingerprint density at radius 1 is 1.11 bits per heavy atom. The highest BCUT2D eigenvalue weighted by atomic mass is 15.2. The van der Waals surface area contributed by atoms with Crippen LogP contribution in [0.5, 0.6) is 0 Å². The summed E-state index contributed by atoms with van der Waals surface area (Å²) in [6.45, 7) is 12.3.